The van der Waals surface area contributed by atoms with Crippen LogP contribution in [-0.2, 0) is 19.1 Å². The molecule has 0 fully saturated rings. The van der Waals surface area contributed by atoms with Crippen molar-refractivity contribution in [1.29, 1.82) is 0 Å². The first-order valence-corrected chi connectivity index (χ1v) is 7.69. The summed E-state index contributed by atoms with van der Waals surface area (Å²) in [5, 5.41) is 7.80. The van der Waals surface area contributed by atoms with E-state index >= 15 is 0 Å². The predicted molar refractivity (Wildman–Crippen MR) is 89.3 cm³/mol. The van der Waals surface area contributed by atoms with Crippen LogP contribution >= 0.6 is 0 Å². The van der Waals surface area contributed by atoms with Gasteiger partial charge in [-0.2, -0.15) is 0 Å². The lowest BCUT2D eigenvalue weighted by Crippen LogP contribution is -2.31. The Morgan fingerprint density at radius 1 is 1.04 bits per heavy atom. The Morgan fingerprint density at radius 2 is 1.60 bits per heavy atom. The second-order valence-electron chi connectivity index (χ2n) is 5.68. The average molecular weight is 342 g/mol. The topological polar surface area (TPSA) is 90.7 Å². The monoisotopic (exact) mass is 342 g/mol. The smallest absolute Gasteiger partial charge is 0.336 e. The van der Waals surface area contributed by atoms with Crippen LogP contribution < -0.4 is 5.32 Å². The largest absolute Gasteiger partial charge is 0.466 e. The number of hydrogen-bond donors (Lipinski definition) is 1. The molecule has 1 N–H and O–H groups in total. The Hall–Kier alpha value is -3.09. The molecule has 0 saturated carbocycles. The van der Waals surface area contributed by atoms with E-state index in [9.17, 15) is 9.59 Å². The summed E-state index contributed by atoms with van der Waals surface area (Å²) in [5.74, 6) is -1.47. The van der Waals surface area contributed by atoms with Crippen molar-refractivity contribution < 1.29 is 23.6 Å². The van der Waals surface area contributed by atoms with Gasteiger partial charge in [-0.1, -0.05) is 17.3 Å². The highest BCUT2D eigenvalue weighted by molar-refractivity contribution is 6.01. The molecule has 1 aliphatic rings. The summed E-state index contributed by atoms with van der Waals surface area (Å²) < 4.78 is 15.4. The first-order valence-electron chi connectivity index (χ1n) is 7.69. The number of carbonyl (C=O) groups excluding carboxylic acids is 2. The molecular weight excluding hydrogens is 324 g/mol. The van der Waals surface area contributed by atoms with Crippen molar-refractivity contribution in [3.8, 4) is 0 Å². The number of ether oxygens (including phenoxy) is 2. The maximum atomic E-state index is 12.4. The van der Waals surface area contributed by atoms with E-state index in [2.05, 4.69) is 10.5 Å². The van der Waals surface area contributed by atoms with Crippen LogP contribution in [0.25, 0.3) is 10.9 Å². The summed E-state index contributed by atoms with van der Waals surface area (Å²) in [7, 11) is 2.59. The lowest BCUT2D eigenvalue weighted by molar-refractivity contribution is -0.137. The summed E-state index contributed by atoms with van der Waals surface area (Å²) >= 11 is 0. The maximum absolute atomic E-state index is 12.4. The van der Waals surface area contributed by atoms with Crippen molar-refractivity contribution in [2.24, 2.45) is 0 Å². The van der Waals surface area contributed by atoms with E-state index in [1.165, 1.54) is 14.2 Å². The standard InChI is InChI=1S/C18H18N2O5/c1-9-13(17(21)23-3)15(14(10(2)19-9)18(22)24-4)16-11-7-5-6-8-12(11)20-25-16/h5-8,15,19H,1-4H3. The Balaban J connectivity index is 2.29. The highest BCUT2D eigenvalue weighted by Gasteiger charge is 2.40. The molecule has 2 heterocycles. The molecule has 0 aliphatic carbocycles. The number of aromatic nitrogens is 1. The Kier molecular flexibility index (Phi) is 4.31. The van der Waals surface area contributed by atoms with Gasteiger partial charge in [0.25, 0.3) is 0 Å². The molecule has 1 aromatic heterocycles. The van der Waals surface area contributed by atoms with Gasteiger partial charge in [-0.15, -0.1) is 0 Å². The van der Waals surface area contributed by atoms with Crippen molar-refractivity contribution in [1.82, 2.24) is 10.5 Å². The van der Waals surface area contributed by atoms with Crippen LogP contribution in [-0.4, -0.2) is 31.3 Å². The van der Waals surface area contributed by atoms with E-state index in [0.717, 1.165) is 5.39 Å². The number of rotatable bonds is 3. The first kappa shape index (κ1) is 16.8. The number of carbonyl (C=O) groups is 2. The van der Waals surface area contributed by atoms with Crippen molar-refractivity contribution in [2.75, 3.05) is 14.2 Å². The Bertz CT molecular complexity index is 884. The van der Waals surface area contributed by atoms with E-state index < -0.39 is 17.9 Å². The Morgan fingerprint density at radius 3 is 2.16 bits per heavy atom. The minimum Gasteiger partial charge on any atom is -0.466 e. The SMILES string of the molecule is COC(=O)C1=C(C)NC(C)=C(C(=O)OC)C1c1onc2ccccc12. The van der Waals surface area contributed by atoms with E-state index in [1.807, 2.05) is 18.2 Å². The second-order valence-corrected chi connectivity index (χ2v) is 5.68. The number of fused-ring (bicyclic) bond motifs is 1. The molecule has 7 nitrogen and oxygen atoms in total. The van der Waals surface area contributed by atoms with Crippen LogP contribution in [0.3, 0.4) is 0 Å². The third kappa shape index (κ3) is 2.67. The number of nitrogens with one attached hydrogen (secondary N) is 1. The Labute approximate surface area is 144 Å². The molecule has 130 valence electrons. The third-order valence-electron chi connectivity index (χ3n) is 4.25. The number of allylic oxidation sites excluding steroid dienone is 2. The molecule has 0 saturated heterocycles. The zero-order valence-electron chi connectivity index (χ0n) is 14.4. The van der Waals surface area contributed by atoms with Crippen LogP contribution in [0.15, 0.2) is 51.3 Å². The molecule has 0 unspecified atom stereocenters. The summed E-state index contributed by atoms with van der Waals surface area (Å²) in [6.45, 7) is 3.49. The zero-order valence-corrected chi connectivity index (χ0v) is 14.4. The molecule has 3 rings (SSSR count). The van der Waals surface area contributed by atoms with Gasteiger partial charge in [-0.25, -0.2) is 9.59 Å². The molecule has 0 spiro atoms. The summed E-state index contributed by atoms with van der Waals surface area (Å²) in [6.07, 6.45) is 0. The fourth-order valence-corrected chi connectivity index (χ4v) is 3.13. The molecule has 1 aromatic carbocycles. The molecule has 1 aliphatic heterocycles. The summed E-state index contributed by atoms with van der Waals surface area (Å²) in [5.41, 5.74) is 2.38. The van der Waals surface area contributed by atoms with E-state index in [4.69, 9.17) is 14.0 Å². The molecule has 25 heavy (non-hydrogen) atoms. The summed E-state index contributed by atoms with van der Waals surface area (Å²) in [6, 6.07) is 7.30. The van der Waals surface area contributed by atoms with Crippen LogP contribution in [0.2, 0.25) is 0 Å². The molecule has 7 heteroatoms. The molecule has 2 aromatic rings. The first-order chi connectivity index (χ1) is 12.0. The summed E-state index contributed by atoms with van der Waals surface area (Å²) in [4.78, 5) is 24.9. The number of methoxy groups -OCH3 is 2. The van der Waals surface area contributed by atoms with Gasteiger partial charge in [0.15, 0.2) is 5.76 Å². The fourth-order valence-electron chi connectivity index (χ4n) is 3.13. The highest BCUT2D eigenvalue weighted by atomic mass is 16.5. The number of dihydropyridines is 1. The lowest BCUT2D eigenvalue weighted by Gasteiger charge is -2.28. The number of hydrogen-bond acceptors (Lipinski definition) is 7. The minimum absolute atomic E-state index is 0.287. The van der Waals surface area contributed by atoms with Crippen LogP contribution in [0, 0.1) is 0 Å². The van der Waals surface area contributed by atoms with Gasteiger partial charge >= 0.3 is 11.9 Å². The van der Waals surface area contributed by atoms with Gasteiger partial charge in [-0.3, -0.25) is 0 Å². The predicted octanol–water partition coefficient (Wildman–Crippen LogP) is 2.41. The number of benzene rings is 1. The van der Waals surface area contributed by atoms with Crippen molar-refractivity contribution >= 4 is 22.8 Å². The second kappa shape index (κ2) is 6.43. The van der Waals surface area contributed by atoms with Crippen LogP contribution in [0.4, 0.5) is 0 Å². The van der Waals surface area contributed by atoms with Gasteiger partial charge in [0, 0.05) is 16.8 Å². The normalized spacial score (nSPS) is 15.4. The fraction of sp³-hybridized carbons (Fsp3) is 0.278. The molecular formula is C18H18N2O5. The molecule has 0 bridgehead atoms. The van der Waals surface area contributed by atoms with E-state index in [1.54, 1.807) is 19.9 Å². The molecule has 0 atom stereocenters. The van der Waals surface area contributed by atoms with Gasteiger partial charge < -0.3 is 19.3 Å². The number of nitrogens with zero attached hydrogens (tertiary/aromatic N) is 1. The number of esters is 2. The van der Waals surface area contributed by atoms with Gasteiger partial charge in [-0.05, 0) is 26.0 Å². The highest BCUT2D eigenvalue weighted by Crippen LogP contribution is 2.41. The third-order valence-corrected chi connectivity index (χ3v) is 4.25. The van der Waals surface area contributed by atoms with E-state index in [-0.39, 0.29) is 11.1 Å². The van der Waals surface area contributed by atoms with Crippen molar-refractivity contribution in [2.45, 2.75) is 19.8 Å². The van der Waals surface area contributed by atoms with Crippen molar-refractivity contribution in [3.05, 3.63) is 52.6 Å². The van der Waals surface area contributed by atoms with Gasteiger partial charge in [0.05, 0.1) is 31.3 Å². The van der Waals surface area contributed by atoms with Gasteiger partial charge in [0.2, 0.25) is 0 Å². The molecule has 0 amide bonds. The molecule has 0 radical (unpaired) electrons. The quantitative estimate of drug-likeness (QED) is 0.857. The van der Waals surface area contributed by atoms with Crippen molar-refractivity contribution in [3.63, 3.8) is 0 Å². The maximum Gasteiger partial charge on any atom is 0.336 e. The van der Waals surface area contributed by atoms with Crippen LogP contribution in [0.5, 0.6) is 0 Å². The zero-order chi connectivity index (χ0) is 18.1. The van der Waals surface area contributed by atoms with Crippen LogP contribution in [0.1, 0.15) is 25.5 Å². The van der Waals surface area contributed by atoms with E-state index in [0.29, 0.717) is 22.7 Å². The average Bonchev–Trinajstić information content (AvgIpc) is 3.03. The minimum atomic E-state index is -0.770. The van der Waals surface area contributed by atoms with Gasteiger partial charge in [0.1, 0.15) is 5.52 Å². The lowest BCUT2D eigenvalue weighted by atomic mass is 9.82.